The first-order chi connectivity index (χ1) is 17.9. The van der Waals surface area contributed by atoms with Crippen LogP contribution in [0.1, 0.15) is 49.4 Å². The van der Waals surface area contributed by atoms with Gasteiger partial charge in [-0.2, -0.15) is 10.2 Å². The Labute approximate surface area is 209 Å². The summed E-state index contributed by atoms with van der Waals surface area (Å²) < 4.78 is 94.2. The van der Waals surface area contributed by atoms with Gasteiger partial charge in [-0.3, -0.25) is 9.84 Å². The zero-order valence-corrected chi connectivity index (χ0v) is 19.6. The molecule has 2 aliphatic rings. The number of rotatable bonds is 8. The number of alkyl halides is 6. The van der Waals surface area contributed by atoms with Crippen molar-refractivity contribution >= 4 is 23.2 Å². The number of hydrogen-bond donors (Lipinski definition) is 3. The Kier molecular flexibility index (Phi) is 6.58. The molecule has 3 aromatic heterocycles. The minimum absolute atomic E-state index is 0.0228. The normalized spacial score (nSPS) is 22.7. The zero-order chi connectivity index (χ0) is 27.2. The second-order valence-corrected chi connectivity index (χ2v) is 9.18. The van der Waals surface area contributed by atoms with Crippen LogP contribution in [0.5, 0.6) is 0 Å². The first-order valence-electron chi connectivity index (χ1n) is 11.3. The van der Waals surface area contributed by atoms with E-state index in [1.807, 2.05) is 6.92 Å². The number of aromatic nitrogens is 5. The second-order valence-electron chi connectivity index (χ2n) is 9.18. The van der Waals surface area contributed by atoms with Crippen molar-refractivity contribution in [2.24, 2.45) is 0 Å². The van der Waals surface area contributed by atoms with Gasteiger partial charge in [0.2, 0.25) is 0 Å². The predicted octanol–water partition coefficient (Wildman–Crippen LogP) is 4.23. The summed E-state index contributed by atoms with van der Waals surface area (Å²) in [6.45, 7) is 0.697. The molecule has 1 aliphatic carbocycles. The van der Waals surface area contributed by atoms with E-state index in [-0.39, 0.29) is 40.7 Å². The molecule has 17 heteroatoms. The molecular formula is C21H21F6N7O4. The van der Waals surface area contributed by atoms with Gasteiger partial charge >= 0.3 is 12.5 Å². The highest BCUT2D eigenvalue weighted by molar-refractivity contribution is 5.72. The number of hydrogen-bond acceptors (Lipinski definition) is 8. The quantitative estimate of drug-likeness (QED) is 0.357. The zero-order valence-electron chi connectivity index (χ0n) is 19.6. The molecule has 0 spiro atoms. The number of aromatic amines is 1. The van der Waals surface area contributed by atoms with E-state index in [0.717, 1.165) is 23.6 Å². The van der Waals surface area contributed by atoms with Crippen molar-refractivity contribution in [3.63, 3.8) is 0 Å². The van der Waals surface area contributed by atoms with Crippen LogP contribution in [0.25, 0.3) is 5.52 Å². The summed E-state index contributed by atoms with van der Waals surface area (Å²) in [4.78, 5) is 15.8. The number of nitrogens with zero attached hydrogens (tertiary/aromatic N) is 4. The average molecular weight is 549 g/mol. The second kappa shape index (κ2) is 9.61. The number of halogens is 6. The van der Waals surface area contributed by atoms with Gasteiger partial charge in [0.05, 0.1) is 24.2 Å². The van der Waals surface area contributed by atoms with Crippen molar-refractivity contribution < 1.29 is 45.3 Å². The van der Waals surface area contributed by atoms with E-state index in [4.69, 9.17) is 9.47 Å². The number of carbonyl (C=O) groups is 1. The fraction of sp³-hybridized carbons (Fsp3) is 0.524. The van der Waals surface area contributed by atoms with Crippen molar-refractivity contribution in [1.29, 1.82) is 0 Å². The molecule has 0 unspecified atom stereocenters. The van der Waals surface area contributed by atoms with Crippen molar-refractivity contribution in [3.05, 3.63) is 35.4 Å². The smallest absolute Gasteiger partial charge is 0.441 e. The van der Waals surface area contributed by atoms with Crippen LogP contribution < -0.4 is 10.6 Å². The van der Waals surface area contributed by atoms with Gasteiger partial charge in [-0.25, -0.2) is 27.5 Å². The van der Waals surface area contributed by atoms with Crippen LogP contribution in [0.3, 0.4) is 0 Å². The monoisotopic (exact) mass is 549 g/mol. The Bertz CT molecular complexity index is 1330. The van der Waals surface area contributed by atoms with E-state index in [0.29, 0.717) is 0 Å². The van der Waals surface area contributed by atoms with Gasteiger partial charge in [-0.05, 0) is 25.8 Å². The predicted molar refractivity (Wildman–Crippen MR) is 115 cm³/mol. The molecule has 1 amide bonds. The SMILES string of the molecule is CC1(NC(=O)O[C@@H]2CO[C@H](c3cc(Nc4nc(C(F)F)cn5nc(COC(F)(F)F)cc45)n[nH]3)[C@H]2F)CC1. The molecule has 206 valence electrons. The highest BCUT2D eigenvalue weighted by Gasteiger charge is 2.44. The van der Waals surface area contributed by atoms with Gasteiger partial charge in [-0.15, -0.1) is 13.2 Å². The van der Waals surface area contributed by atoms with Gasteiger partial charge < -0.3 is 20.1 Å². The number of alkyl carbamates (subject to hydrolysis) is 1. The number of ether oxygens (including phenoxy) is 3. The van der Waals surface area contributed by atoms with Gasteiger partial charge in [0, 0.05) is 11.6 Å². The van der Waals surface area contributed by atoms with Crippen LogP contribution in [-0.2, 0) is 20.8 Å². The molecule has 3 atom stereocenters. The molecule has 2 fully saturated rings. The molecule has 1 aliphatic heterocycles. The first-order valence-corrected chi connectivity index (χ1v) is 11.3. The Morgan fingerprint density at radius 3 is 2.79 bits per heavy atom. The minimum atomic E-state index is -4.91. The summed E-state index contributed by atoms with van der Waals surface area (Å²) in [5, 5.41) is 15.7. The molecule has 1 saturated carbocycles. The molecule has 11 nitrogen and oxygen atoms in total. The van der Waals surface area contributed by atoms with E-state index >= 15 is 0 Å². The van der Waals surface area contributed by atoms with Crippen LogP contribution in [0, 0.1) is 0 Å². The van der Waals surface area contributed by atoms with Crippen LogP contribution in [0.4, 0.5) is 42.8 Å². The Hall–Kier alpha value is -3.60. The van der Waals surface area contributed by atoms with Crippen molar-refractivity contribution in [1.82, 2.24) is 30.1 Å². The highest BCUT2D eigenvalue weighted by Crippen LogP contribution is 2.36. The van der Waals surface area contributed by atoms with Gasteiger partial charge in [0.15, 0.2) is 23.9 Å². The summed E-state index contributed by atoms with van der Waals surface area (Å²) >= 11 is 0. The number of amides is 1. The highest BCUT2D eigenvalue weighted by atomic mass is 19.4. The first kappa shape index (κ1) is 26.0. The molecule has 1 saturated heterocycles. The summed E-state index contributed by atoms with van der Waals surface area (Å²) in [7, 11) is 0. The third kappa shape index (κ3) is 5.77. The lowest BCUT2D eigenvalue weighted by Crippen LogP contribution is -2.39. The molecule has 3 aromatic rings. The maximum atomic E-state index is 15.0. The molecule has 0 aromatic carbocycles. The number of anilines is 2. The largest absolute Gasteiger partial charge is 0.522 e. The molecule has 38 heavy (non-hydrogen) atoms. The summed E-state index contributed by atoms with van der Waals surface area (Å²) in [6.07, 6.45) is -10.2. The molecule has 0 bridgehead atoms. The van der Waals surface area contributed by atoms with Crippen molar-refractivity contribution in [3.8, 4) is 0 Å². The van der Waals surface area contributed by atoms with Crippen molar-refractivity contribution in [2.75, 3.05) is 11.9 Å². The molecule has 3 N–H and O–H groups in total. The van der Waals surface area contributed by atoms with Crippen LogP contribution in [0.15, 0.2) is 18.3 Å². The van der Waals surface area contributed by atoms with Crippen LogP contribution >= 0.6 is 0 Å². The van der Waals surface area contributed by atoms with Crippen molar-refractivity contribution in [2.45, 2.75) is 63.1 Å². The average Bonchev–Trinajstić information content (AvgIpc) is 3.19. The maximum absolute atomic E-state index is 15.0. The van der Waals surface area contributed by atoms with E-state index in [1.54, 1.807) is 0 Å². The topological polar surface area (TPSA) is 128 Å². The van der Waals surface area contributed by atoms with Gasteiger partial charge in [0.1, 0.15) is 23.9 Å². The lowest BCUT2D eigenvalue weighted by molar-refractivity contribution is -0.330. The Balaban J connectivity index is 1.30. The van der Waals surface area contributed by atoms with E-state index in [9.17, 15) is 31.1 Å². The van der Waals surface area contributed by atoms with E-state index in [1.165, 1.54) is 12.1 Å². The fourth-order valence-electron chi connectivity index (χ4n) is 3.82. The fourth-order valence-corrected chi connectivity index (χ4v) is 3.82. The number of fused-ring (bicyclic) bond motifs is 1. The third-order valence-electron chi connectivity index (χ3n) is 6.03. The lowest BCUT2D eigenvalue weighted by Gasteiger charge is -2.17. The summed E-state index contributed by atoms with van der Waals surface area (Å²) in [5.41, 5.74) is -1.01. The standard InChI is InChI=1S/C21H21F6N7O4/c1-20(2-3-20)30-19(35)38-13-8-36-16(15(13)22)10-5-14(32-31-10)29-18-12-4-9(7-37-21(25,26)27)33-34(12)6-11(28-18)17(23)24/h4-6,13,15-17H,2-3,7-8H2,1H3,(H,30,35)(H2,28,29,31,32)/t13-,15+,16-/m1/s1. The van der Waals surface area contributed by atoms with Crippen LogP contribution in [0.2, 0.25) is 0 Å². The molecular weight excluding hydrogens is 528 g/mol. The molecule has 0 radical (unpaired) electrons. The summed E-state index contributed by atoms with van der Waals surface area (Å²) in [6, 6.07) is 2.51. The summed E-state index contributed by atoms with van der Waals surface area (Å²) in [5.74, 6) is -0.170. The lowest BCUT2D eigenvalue weighted by atomic mass is 10.1. The maximum Gasteiger partial charge on any atom is 0.522 e. The Morgan fingerprint density at radius 2 is 2.11 bits per heavy atom. The molecule has 4 heterocycles. The van der Waals surface area contributed by atoms with E-state index in [2.05, 4.69) is 35.7 Å². The number of nitrogens with one attached hydrogen (secondary N) is 3. The van der Waals surface area contributed by atoms with Crippen LogP contribution in [-0.4, -0.2) is 61.7 Å². The number of H-pyrrole nitrogens is 1. The third-order valence-corrected chi connectivity index (χ3v) is 6.03. The van der Waals surface area contributed by atoms with Gasteiger partial charge in [-0.1, -0.05) is 0 Å². The van der Waals surface area contributed by atoms with E-state index < -0.39 is 49.6 Å². The molecule has 5 rings (SSSR count). The minimum Gasteiger partial charge on any atom is -0.441 e. The van der Waals surface area contributed by atoms with Gasteiger partial charge in [0.25, 0.3) is 6.43 Å². The number of carbonyl (C=O) groups excluding carboxylic acids is 1. The Morgan fingerprint density at radius 1 is 1.34 bits per heavy atom.